The molecule has 0 spiro atoms. The predicted octanol–water partition coefficient (Wildman–Crippen LogP) is 3.68. The van der Waals surface area contributed by atoms with Crippen LogP contribution in [0.3, 0.4) is 0 Å². The zero-order chi connectivity index (χ0) is 19.8. The molecule has 1 amide bonds. The standard InChI is InChI=1S/C20H18N4O3S/c1-11-6-4-7-14(12(11)2)22-16(25)10-24-20(26)18-19(28-13(3)21-18)17(23-24)15-8-5-9-27-15/h4-9H,10H2,1-3H3,(H,22,25). The van der Waals surface area contributed by atoms with Crippen LogP contribution in [-0.2, 0) is 11.3 Å². The summed E-state index contributed by atoms with van der Waals surface area (Å²) in [5.74, 6) is 0.192. The van der Waals surface area contributed by atoms with E-state index < -0.39 is 5.56 Å². The lowest BCUT2D eigenvalue weighted by Gasteiger charge is -2.11. The number of thiazole rings is 1. The Morgan fingerprint density at radius 1 is 1.21 bits per heavy atom. The van der Waals surface area contributed by atoms with Crippen LogP contribution in [0, 0.1) is 20.8 Å². The smallest absolute Gasteiger partial charge is 0.294 e. The Balaban J connectivity index is 1.72. The minimum Gasteiger partial charge on any atom is -0.463 e. The first-order valence-corrected chi connectivity index (χ1v) is 9.54. The van der Waals surface area contributed by atoms with Gasteiger partial charge in [0.2, 0.25) is 5.91 Å². The summed E-state index contributed by atoms with van der Waals surface area (Å²) in [6.07, 6.45) is 1.54. The SMILES string of the molecule is Cc1nc2c(=O)n(CC(=O)Nc3cccc(C)c3C)nc(-c3ccco3)c2s1. The molecule has 0 unspecified atom stereocenters. The van der Waals surface area contributed by atoms with E-state index >= 15 is 0 Å². The molecule has 28 heavy (non-hydrogen) atoms. The molecule has 0 atom stereocenters. The van der Waals surface area contributed by atoms with E-state index in [2.05, 4.69) is 15.4 Å². The monoisotopic (exact) mass is 394 g/mol. The van der Waals surface area contributed by atoms with Crippen LogP contribution in [0.15, 0.2) is 45.8 Å². The van der Waals surface area contributed by atoms with Crippen molar-refractivity contribution >= 4 is 33.1 Å². The van der Waals surface area contributed by atoms with Gasteiger partial charge in [-0.2, -0.15) is 5.10 Å². The molecule has 1 N–H and O–H groups in total. The molecule has 8 heteroatoms. The Kier molecular flexibility index (Phi) is 4.56. The van der Waals surface area contributed by atoms with Crippen LogP contribution in [0.25, 0.3) is 21.7 Å². The molecule has 0 saturated heterocycles. The number of carbonyl (C=O) groups is 1. The highest BCUT2D eigenvalue weighted by atomic mass is 32.1. The van der Waals surface area contributed by atoms with Crippen molar-refractivity contribution in [1.82, 2.24) is 14.8 Å². The Morgan fingerprint density at radius 2 is 2.04 bits per heavy atom. The number of fused-ring (bicyclic) bond motifs is 1. The molecule has 0 radical (unpaired) electrons. The van der Waals surface area contributed by atoms with Crippen LogP contribution < -0.4 is 10.9 Å². The van der Waals surface area contributed by atoms with Gasteiger partial charge in [-0.15, -0.1) is 11.3 Å². The zero-order valence-electron chi connectivity index (χ0n) is 15.6. The average Bonchev–Trinajstić information content (AvgIpc) is 3.31. The number of benzene rings is 1. The number of aryl methyl sites for hydroxylation is 2. The van der Waals surface area contributed by atoms with E-state index in [1.165, 1.54) is 11.3 Å². The highest BCUT2D eigenvalue weighted by molar-refractivity contribution is 7.19. The lowest BCUT2D eigenvalue weighted by molar-refractivity contribution is -0.117. The van der Waals surface area contributed by atoms with E-state index in [9.17, 15) is 9.59 Å². The molecule has 3 heterocycles. The van der Waals surface area contributed by atoms with Gasteiger partial charge in [0.05, 0.1) is 16.0 Å². The third kappa shape index (κ3) is 3.22. The second-order valence-corrected chi connectivity index (χ2v) is 7.70. The number of aromatic nitrogens is 3. The summed E-state index contributed by atoms with van der Waals surface area (Å²) in [5.41, 5.74) is 3.18. The second-order valence-electron chi connectivity index (χ2n) is 6.49. The highest BCUT2D eigenvalue weighted by Gasteiger charge is 2.19. The van der Waals surface area contributed by atoms with E-state index in [1.54, 1.807) is 18.4 Å². The van der Waals surface area contributed by atoms with Crippen LogP contribution >= 0.6 is 11.3 Å². The molecule has 4 rings (SSSR count). The second kappa shape index (κ2) is 7.05. The quantitative estimate of drug-likeness (QED) is 0.570. The van der Waals surface area contributed by atoms with Crippen molar-refractivity contribution in [3.63, 3.8) is 0 Å². The Morgan fingerprint density at radius 3 is 2.79 bits per heavy atom. The minimum absolute atomic E-state index is 0.216. The number of hydrogen-bond donors (Lipinski definition) is 1. The molecule has 0 fully saturated rings. The molecule has 0 aliphatic carbocycles. The molecule has 1 aromatic carbocycles. The fraction of sp³-hybridized carbons (Fsp3) is 0.200. The number of nitrogens with zero attached hydrogens (tertiary/aromatic N) is 3. The Bertz CT molecular complexity index is 1240. The van der Waals surface area contributed by atoms with Gasteiger partial charge in [0.15, 0.2) is 11.3 Å². The number of nitrogens with one attached hydrogen (secondary N) is 1. The van der Waals surface area contributed by atoms with Crippen molar-refractivity contribution in [3.8, 4) is 11.5 Å². The Hall–Kier alpha value is -3.26. The van der Waals surface area contributed by atoms with Gasteiger partial charge in [0, 0.05) is 5.69 Å². The van der Waals surface area contributed by atoms with Gasteiger partial charge in [-0.3, -0.25) is 9.59 Å². The number of hydrogen-bond acceptors (Lipinski definition) is 6. The zero-order valence-corrected chi connectivity index (χ0v) is 16.5. The number of rotatable bonds is 4. The van der Waals surface area contributed by atoms with E-state index in [0.717, 1.165) is 26.5 Å². The van der Waals surface area contributed by atoms with Gasteiger partial charge >= 0.3 is 0 Å². The van der Waals surface area contributed by atoms with Crippen LogP contribution in [-0.4, -0.2) is 20.7 Å². The van der Waals surface area contributed by atoms with Crippen molar-refractivity contribution < 1.29 is 9.21 Å². The highest BCUT2D eigenvalue weighted by Crippen LogP contribution is 2.29. The molecule has 4 aromatic rings. The number of amides is 1. The third-order valence-electron chi connectivity index (χ3n) is 4.53. The van der Waals surface area contributed by atoms with Gasteiger partial charge in [0.1, 0.15) is 12.2 Å². The maximum absolute atomic E-state index is 12.8. The summed E-state index contributed by atoms with van der Waals surface area (Å²) in [4.78, 5) is 29.7. The fourth-order valence-corrected chi connectivity index (χ4v) is 3.86. The molecular weight excluding hydrogens is 376 g/mol. The van der Waals surface area contributed by atoms with E-state index in [4.69, 9.17) is 4.42 Å². The summed E-state index contributed by atoms with van der Waals surface area (Å²) in [5, 5.41) is 8.00. The molecular formula is C20H18N4O3S. The average molecular weight is 394 g/mol. The first-order chi connectivity index (χ1) is 13.4. The van der Waals surface area contributed by atoms with Crippen molar-refractivity contribution in [1.29, 1.82) is 0 Å². The summed E-state index contributed by atoms with van der Waals surface area (Å²) in [6.45, 7) is 5.53. The molecule has 0 aliphatic rings. The van der Waals surface area contributed by atoms with E-state index in [-0.39, 0.29) is 12.5 Å². The van der Waals surface area contributed by atoms with Crippen LogP contribution in [0.4, 0.5) is 5.69 Å². The van der Waals surface area contributed by atoms with Crippen molar-refractivity contribution in [2.24, 2.45) is 0 Å². The number of carbonyl (C=O) groups excluding carboxylic acids is 1. The lowest BCUT2D eigenvalue weighted by atomic mass is 10.1. The van der Waals surface area contributed by atoms with Crippen molar-refractivity contribution in [2.45, 2.75) is 27.3 Å². The van der Waals surface area contributed by atoms with Crippen molar-refractivity contribution in [3.05, 3.63) is 63.1 Å². The number of anilines is 1. The minimum atomic E-state index is -0.397. The van der Waals surface area contributed by atoms with Crippen LogP contribution in [0.2, 0.25) is 0 Å². The van der Waals surface area contributed by atoms with Gasteiger partial charge in [-0.25, -0.2) is 9.67 Å². The fourth-order valence-electron chi connectivity index (χ4n) is 2.96. The Labute approximate surface area is 164 Å². The number of furan rings is 1. The van der Waals surface area contributed by atoms with Gasteiger partial charge in [0.25, 0.3) is 5.56 Å². The largest absolute Gasteiger partial charge is 0.463 e. The van der Waals surface area contributed by atoms with Crippen LogP contribution in [0.5, 0.6) is 0 Å². The summed E-state index contributed by atoms with van der Waals surface area (Å²) in [6, 6.07) is 9.20. The summed E-state index contributed by atoms with van der Waals surface area (Å²) < 4.78 is 7.26. The van der Waals surface area contributed by atoms with Gasteiger partial charge < -0.3 is 9.73 Å². The lowest BCUT2D eigenvalue weighted by Crippen LogP contribution is -2.30. The first-order valence-electron chi connectivity index (χ1n) is 8.72. The van der Waals surface area contributed by atoms with Crippen molar-refractivity contribution in [2.75, 3.05) is 5.32 Å². The summed E-state index contributed by atoms with van der Waals surface area (Å²) in [7, 11) is 0. The molecule has 3 aromatic heterocycles. The van der Waals surface area contributed by atoms with Gasteiger partial charge in [-0.1, -0.05) is 12.1 Å². The van der Waals surface area contributed by atoms with Crippen LogP contribution in [0.1, 0.15) is 16.1 Å². The summed E-state index contributed by atoms with van der Waals surface area (Å²) >= 11 is 1.38. The molecule has 7 nitrogen and oxygen atoms in total. The molecule has 0 aliphatic heterocycles. The maximum atomic E-state index is 12.8. The van der Waals surface area contributed by atoms with Gasteiger partial charge in [-0.05, 0) is 50.1 Å². The first kappa shape index (κ1) is 18.1. The predicted molar refractivity (Wildman–Crippen MR) is 109 cm³/mol. The van der Waals surface area contributed by atoms with E-state index in [0.29, 0.717) is 21.7 Å². The topological polar surface area (TPSA) is 90.0 Å². The van der Waals surface area contributed by atoms with E-state index in [1.807, 2.05) is 39.0 Å². The molecule has 142 valence electrons. The maximum Gasteiger partial charge on any atom is 0.294 e. The molecule has 0 saturated carbocycles. The normalized spacial score (nSPS) is 11.1. The third-order valence-corrected chi connectivity index (χ3v) is 5.51. The molecule has 0 bridgehead atoms.